The highest BCUT2D eigenvalue weighted by molar-refractivity contribution is 5.88. The zero-order chi connectivity index (χ0) is 14.5. The van der Waals surface area contributed by atoms with E-state index in [0.717, 1.165) is 17.7 Å². The van der Waals surface area contributed by atoms with Crippen LogP contribution in [0.1, 0.15) is 12.5 Å². The van der Waals surface area contributed by atoms with Gasteiger partial charge in [-0.3, -0.25) is 4.79 Å². The van der Waals surface area contributed by atoms with Gasteiger partial charge in [-0.1, -0.05) is 12.1 Å². The van der Waals surface area contributed by atoms with Crippen LogP contribution in [0, 0.1) is 11.6 Å². The standard InChI is InChI=1S/C15H14F2N2O/c1-10(20)19-12-4-2-11(3-5-12)9-18-13-6-7-14(16)15(17)8-13/h2-8,18H,9H2,1H3,(H,19,20). The van der Waals surface area contributed by atoms with Gasteiger partial charge in [-0.2, -0.15) is 0 Å². The molecular formula is C15H14F2N2O. The third-order valence-electron chi connectivity index (χ3n) is 2.69. The molecule has 2 aromatic rings. The van der Waals surface area contributed by atoms with Gasteiger partial charge in [0, 0.05) is 30.9 Å². The summed E-state index contributed by atoms with van der Waals surface area (Å²) in [6.07, 6.45) is 0. The number of amides is 1. The molecule has 3 nitrogen and oxygen atoms in total. The lowest BCUT2D eigenvalue weighted by molar-refractivity contribution is -0.114. The molecule has 2 aromatic carbocycles. The summed E-state index contributed by atoms with van der Waals surface area (Å²) < 4.78 is 25.8. The van der Waals surface area contributed by atoms with Crippen LogP contribution in [-0.4, -0.2) is 5.91 Å². The number of nitrogens with one attached hydrogen (secondary N) is 2. The summed E-state index contributed by atoms with van der Waals surface area (Å²) in [6, 6.07) is 10.9. The van der Waals surface area contributed by atoms with Crippen LogP contribution < -0.4 is 10.6 Å². The molecule has 0 heterocycles. The Balaban J connectivity index is 1.96. The van der Waals surface area contributed by atoms with Crippen molar-refractivity contribution in [2.75, 3.05) is 10.6 Å². The Morgan fingerprint density at radius 3 is 2.25 bits per heavy atom. The van der Waals surface area contributed by atoms with E-state index in [-0.39, 0.29) is 5.91 Å². The third-order valence-corrected chi connectivity index (χ3v) is 2.69. The molecule has 104 valence electrons. The van der Waals surface area contributed by atoms with Crippen LogP contribution in [0.4, 0.5) is 20.2 Å². The summed E-state index contributed by atoms with van der Waals surface area (Å²) in [5, 5.41) is 5.66. The van der Waals surface area contributed by atoms with E-state index >= 15 is 0 Å². The van der Waals surface area contributed by atoms with Crippen LogP contribution >= 0.6 is 0 Å². The third kappa shape index (κ3) is 3.78. The lowest BCUT2D eigenvalue weighted by Crippen LogP contribution is -2.06. The Hall–Kier alpha value is -2.43. The van der Waals surface area contributed by atoms with Crippen molar-refractivity contribution in [2.45, 2.75) is 13.5 Å². The predicted molar refractivity (Wildman–Crippen MR) is 74.4 cm³/mol. The van der Waals surface area contributed by atoms with Crippen LogP contribution in [0.25, 0.3) is 0 Å². The van der Waals surface area contributed by atoms with Gasteiger partial charge < -0.3 is 10.6 Å². The Bertz CT molecular complexity index is 612. The highest BCUT2D eigenvalue weighted by Crippen LogP contribution is 2.15. The van der Waals surface area contributed by atoms with Gasteiger partial charge in [0.05, 0.1) is 0 Å². The smallest absolute Gasteiger partial charge is 0.221 e. The van der Waals surface area contributed by atoms with Gasteiger partial charge in [-0.15, -0.1) is 0 Å². The Morgan fingerprint density at radius 2 is 1.65 bits per heavy atom. The summed E-state index contributed by atoms with van der Waals surface area (Å²) in [5.74, 6) is -1.87. The van der Waals surface area contributed by atoms with Crippen molar-refractivity contribution in [3.63, 3.8) is 0 Å². The van der Waals surface area contributed by atoms with Gasteiger partial charge >= 0.3 is 0 Å². The normalized spacial score (nSPS) is 10.2. The Morgan fingerprint density at radius 1 is 1.00 bits per heavy atom. The predicted octanol–water partition coefficient (Wildman–Crippen LogP) is 3.54. The van der Waals surface area contributed by atoms with Gasteiger partial charge in [0.25, 0.3) is 0 Å². The number of carbonyl (C=O) groups is 1. The number of hydrogen-bond acceptors (Lipinski definition) is 2. The molecule has 20 heavy (non-hydrogen) atoms. The van der Waals surface area contributed by atoms with Crippen molar-refractivity contribution in [3.8, 4) is 0 Å². The molecule has 0 aliphatic rings. The van der Waals surface area contributed by atoms with Crippen LogP contribution in [-0.2, 0) is 11.3 Å². The number of carbonyl (C=O) groups excluding carboxylic acids is 1. The second-order valence-electron chi connectivity index (χ2n) is 4.36. The number of hydrogen-bond donors (Lipinski definition) is 2. The minimum absolute atomic E-state index is 0.127. The van der Waals surface area contributed by atoms with E-state index < -0.39 is 11.6 Å². The first-order valence-corrected chi connectivity index (χ1v) is 6.10. The minimum Gasteiger partial charge on any atom is -0.381 e. The molecule has 0 aliphatic heterocycles. The van der Waals surface area contributed by atoms with Gasteiger partial charge in [-0.25, -0.2) is 8.78 Å². The highest BCUT2D eigenvalue weighted by atomic mass is 19.2. The number of halogens is 2. The van der Waals surface area contributed by atoms with E-state index in [1.807, 2.05) is 12.1 Å². The second kappa shape index (κ2) is 6.14. The van der Waals surface area contributed by atoms with E-state index in [1.54, 1.807) is 12.1 Å². The number of anilines is 2. The fourth-order valence-corrected chi connectivity index (χ4v) is 1.72. The molecule has 0 aliphatic carbocycles. The van der Waals surface area contributed by atoms with Crippen molar-refractivity contribution in [3.05, 3.63) is 59.7 Å². The van der Waals surface area contributed by atoms with E-state index in [2.05, 4.69) is 10.6 Å². The molecule has 0 saturated heterocycles. The van der Waals surface area contributed by atoms with Gasteiger partial charge in [0.1, 0.15) is 0 Å². The summed E-state index contributed by atoms with van der Waals surface area (Å²) in [7, 11) is 0. The Kier molecular flexibility index (Phi) is 4.30. The lowest BCUT2D eigenvalue weighted by atomic mass is 10.2. The van der Waals surface area contributed by atoms with Crippen LogP contribution in [0.3, 0.4) is 0 Å². The average molecular weight is 276 g/mol. The SMILES string of the molecule is CC(=O)Nc1ccc(CNc2ccc(F)c(F)c2)cc1. The highest BCUT2D eigenvalue weighted by Gasteiger charge is 2.02. The van der Waals surface area contributed by atoms with Gasteiger partial charge in [-0.05, 0) is 29.8 Å². The molecule has 0 fully saturated rings. The van der Waals surface area contributed by atoms with Crippen LogP contribution in [0.15, 0.2) is 42.5 Å². The zero-order valence-corrected chi connectivity index (χ0v) is 10.9. The number of benzene rings is 2. The Labute approximate surface area is 115 Å². The van der Waals surface area contributed by atoms with Crippen LogP contribution in [0.2, 0.25) is 0 Å². The van der Waals surface area contributed by atoms with E-state index in [9.17, 15) is 13.6 Å². The molecular weight excluding hydrogens is 262 g/mol. The fourth-order valence-electron chi connectivity index (χ4n) is 1.72. The molecule has 0 atom stereocenters. The maximum absolute atomic E-state index is 13.0. The lowest BCUT2D eigenvalue weighted by Gasteiger charge is -2.08. The fraction of sp³-hybridized carbons (Fsp3) is 0.133. The first kappa shape index (κ1) is 14.0. The van der Waals surface area contributed by atoms with Crippen molar-refractivity contribution in [2.24, 2.45) is 0 Å². The van der Waals surface area contributed by atoms with Crippen molar-refractivity contribution < 1.29 is 13.6 Å². The van der Waals surface area contributed by atoms with Crippen molar-refractivity contribution >= 4 is 17.3 Å². The van der Waals surface area contributed by atoms with E-state index in [1.165, 1.54) is 13.0 Å². The molecule has 0 unspecified atom stereocenters. The summed E-state index contributed by atoms with van der Waals surface area (Å²) in [5.41, 5.74) is 2.19. The molecule has 0 spiro atoms. The molecule has 2 N–H and O–H groups in total. The van der Waals surface area contributed by atoms with Crippen molar-refractivity contribution in [1.82, 2.24) is 0 Å². The van der Waals surface area contributed by atoms with E-state index in [4.69, 9.17) is 0 Å². The molecule has 0 radical (unpaired) electrons. The maximum atomic E-state index is 13.0. The molecule has 2 rings (SSSR count). The first-order chi connectivity index (χ1) is 9.54. The first-order valence-electron chi connectivity index (χ1n) is 6.10. The topological polar surface area (TPSA) is 41.1 Å². The van der Waals surface area contributed by atoms with Crippen LogP contribution in [0.5, 0.6) is 0 Å². The van der Waals surface area contributed by atoms with E-state index in [0.29, 0.717) is 17.9 Å². The monoisotopic (exact) mass is 276 g/mol. The molecule has 0 bridgehead atoms. The quantitative estimate of drug-likeness (QED) is 0.896. The van der Waals surface area contributed by atoms with Crippen molar-refractivity contribution in [1.29, 1.82) is 0 Å². The molecule has 1 amide bonds. The second-order valence-corrected chi connectivity index (χ2v) is 4.36. The average Bonchev–Trinajstić information content (AvgIpc) is 2.41. The summed E-state index contributed by atoms with van der Waals surface area (Å²) in [4.78, 5) is 10.9. The number of rotatable bonds is 4. The van der Waals surface area contributed by atoms with Gasteiger partial charge in [0.15, 0.2) is 11.6 Å². The summed E-state index contributed by atoms with van der Waals surface area (Å²) >= 11 is 0. The van der Waals surface area contributed by atoms with Gasteiger partial charge in [0.2, 0.25) is 5.91 Å². The largest absolute Gasteiger partial charge is 0.381 e. The zero-order valence-electron chi connectivity index (χ0n) is 10.9. The molecule has 0 saturated carbocycles. The molecule has 0 aromatic heterocycles. The minimum atomic E-state index is -0.879. The summed E-state index contributed by atoms with van der Waals surface area (Å²) in [6.45, 7) is 1.92. The maximum Gasteiger partial charge on any atom is 0.221 e. The molecule has 5 heteroatoms.